The summed E-state index contributed by atoms with van der Waals surface area (Å²) in [6.07, 6.45) is 9.32. The predicted molar refractivity (Wildman–Crippen MR) is 53.9 cm³/mol. The van der Waals surface area contributed by atoms with Crippen molar-refractivity contribution in [3.63, 3.8) is 0 Å². The Hall–Kier alpha value is -1.31. The molecule has 0 saturated carbocycles. The van der Waals surface area contributed by atoms with Gasteiger partial charge in [0.2, 0.25) is 0 Å². The first-order valence-electron chi connectivity index (χ1n) is 4.63. The molecule has 0 spiro atoms. The van der Waals surface area contributed by atoms with Crippen LogP contribution in [0, 0.1) is 0 Å². The minimum absolute atomic E-state index is 0.737. The molecule has 70 valence electrons. The SMILES string of the molecule is CCC/C=C/Cn1cccc1C=O. The van der Waals surface area contributed by atoms with E-state index in [0.29, 0.717) is 0 Å². The lowest BCUT2D eigenvalue weighted by Crippen LogP contribution is -1.97. The van der Waals surface area contributed by atoms with Crippen LogP contribution in [0.5, 0.6) is 0 Å². The molecule has 0 aliphatic heterocycles. The number of hydrogen-bond donors (Lipinski definition) is 0. The Labute approximate surface area is 78.9 Å². The van der Waals surface area contributed by atoms with Crippen molar-refractivity contribution in [1.82, 2.24) is 4.57 Å². The topological polar surface area (TPSA) is 22.0 Å². The van der Waals surface area contributed by atoms with Gasteiger partial charge in [-0.25, -0.2) is 0 Å². The second kappa shape index (κ2) is 5.36. The number of nitrogens with zero attached hydrogens (tertiary/aromatic N) is 1. The Morgan fingerprint density at radius 3 is 3.00 bits per heavy atom. The van der Waals surface area contributed by atoms with E-state index in [1.165, 1.54) is 6.42 Å². The number of allylic oxidation sites excluding steroid dienone is 2. The average Bonchev–Trinajstić information content (AvgIpc) is 2.60. The molecule has 0 N–H and O–H groups in total. The van der Waals surface area contributed by atoms with Gasteiger partial charge in [0.1, 0.15) is 0 Å². The highest BCUT2D eigenvalue weighted by Crippen LogP contribution is 1.99. The molecule has 0 atom stereocenters. The maximum atomic E-state index is 10.5. The maximum Gasteiger partial charge on any atom is 0.166 e. The van der Waals surface area contributed by atoms with E-state index in [1.807, 2.05) is 22.9 Å². The van der Waals surface area contributed by atoms with Crippen LogP contribution in [-0.2, 0) is 6.54 Å². The Balaban J connectivity index is 2.48. The lowest BCUT2D eigenvalue weighted by atomic mass is 10.3. The Bertz CT molecular complexity index is 286. The van der Waals surface area contributed by atoms with E-state index in [1.54, 1.807) is 0 Å². The van der Waals surface area contributed by atoms with E-state index in [9.17, 15) is 4.79 Å². The van der Waals surface area contributed by atoms with Gasteiger partial charge in [-0.2, -0.15) is 0 Å². The van der Waals surface area contributed by atoms with Gasteiger partial charge in [0.15, 0.2) is 6.29 Å². The van der Waals surface area contributed by atoms with Crippen molar-refractivity contribution >= 4 is 6.29 Å². The van der Waals surface area contributed by atoms with Crippen LogP contribution in [0.2, 0.25) is 0 Å². The summed E-state index contributed by atoms with van der Waals surface area (Å²) >= 11 is 0. The van der Waals surface area contributed by atoms with Crippen LogP contribution in [-0.4, -0.2) is 10.9 Å². The molecule has 0 unspecified atom stereocenters. The van der Waals surface area contributed by atoms with Crippen LogP contribution in [0.1, 0.15) is 30.3 Å². The van der Waals surface area contributed by atoms with Gasteiger partial charge in [0.25, 0.3) is 0 Å². The van der Waals surface area contributed by atoms with Gasteiger partial charge in [-0.15, -0.1) is 0 Å². The first-order valence-corrected chi connectivity index (χ1v) is 4.63. The fourth-order valence-electron chi connectivity index (χ4n) is 1.17. The molecule has 0 aliphatic rings. The van der Waals surface area contributed by atoms with Crippen LogP contribution < -0.4 is 0 Å². The molecular weight excluding hydrogens is 162 g/mol. The summed E-state index contributed by atoms with van der Waals surface area (Å²) in [6.45, 7) is 2.94. The number of unbranched alkanes of at least 4 members (excludes halogenated alkanes) is 1. The summed E-state index contributed by atoms with van der Waals surface area (Å²) in [5, 5.41) is 0. The minimum atomic E-state index is 0.737. The van der Waals surface area contributed by atoms with Gasteiger partial charge >= 0.3 is 0 Å². The fraction of sp³-hybridized carbons (Fsp3) is 0.364. The van der Waals surface area contributed by atoms with E-state index in [0.717, 1.165) is 24.9 Å². The van der Waals surface area contributed by atoms with E-state index < -0.39 is 0 Å². The van der Waals surface area contributed by atoms with Crippen LogP contribution in [0.4, 0.5) is 0 Å². The van der Waals surface area contributed by atoms with Gasteiger partial charge in [0.05, 0.1) is 5.69 Å². The monoisotopic (exact) mass is 177 g/mol. The van der Waals surface area contributed by atoms with Crippen molar-refractivity contribution in [3.8, 4) is 0 Å². The van der Waals surface area contributed by atoms with Gasteiger partial charge in [0, 0.05) is 12.7 Å². The normalized spacial score (nSPS) is 10.8. The van der Waals surface area contributed by atoms with E-state index in [4.69, 9.17) is 0 Å². The molecule has 0 aromatic carbocycles. The van der Waals surface area contributed by atoms with E-state index in [2.05, 4.69) is 19.1 Å². The Morgan fingerprint density at radius 2 is 2.31 bits per heavy atom. The molecule has 1 aromatic rings. The zero-order chi connectivity index (χ0) is 9.52. The zero-order valence-corrected chi connectivity index (χ0v) is 7.94. The summed E-state index contributed by atoms with van der Waals surface area (Å²) in [6, 6.07) is 3.71. The first kappa shape index (κ1) is 9.78. The lowest BCUT2D eigenvalue weighted by Gasteiger charge is -1.99. The van der Waals surface area contributed by atoms with Gasteiger partial charge < -0.3 is 4.57 Å². The van der Waals surface area contributed by atoms with Gasteiger partial charge in [-0.3, -0.25) is 4.79 Å². The van der Waals surface area contributed by atoms with Crippen molar-refractivity contribution in [1.29, 1.82) is 0 Å². The van der Waals surface area contributed by atoms with Crippen molar-refractivity contribution in [2.24, 2.45) is 0 Å². The summed E-state index contributed by atoms with van der Waals surface area (Å²) in [4.78, 5) is 10.5. The van der Waals surface area contributed by atoms with Crippen molar-refractivity contribution in [2.75, 3.05) is 0 Å². The third-order valence-corrected chi connectivity index (χ3v) is 1.91. The highest BCUT2D eigenvalue weighted by atomic mass is 16.1. The smallest absolute Gasteiger partial charge is 0.166 e. The predicted octanol–water partition coefficient (Wildman–Crippen LogP) is 2.66. The highest BCUT2D eigenvalue weighted by molar-refractivity contribution is 5.72. The first-order chi connectivity index (χ1) is 6.38. The van der Waals surface area contributed by atoms with Crippen molar-refractivity contribution < 1.29 is 4.79 Å². The van der Waals surface area contributed by atoms with Crippen molar-refractivity contribution in [2.45, 2.75) is 26.3 Å². The number of aromatic nitrogens is 1. The third kappa shape index (κ3) is 2.90. The molecule has 1 heterocycles. The molecule has 2 heteroatoms. The molecule has 13 heavy (non-hydrogen) atoms. The standard InChI is InChI=1S/C11H15NO/c1-2-3-4-5-8-12-9-6-7-11(12)10-13/h4-7,9-10H,2-3,8H2,1H3/b5-4+. The van der Waals surface area contributed by atoms with Crippen LogP contribution in [0.3, 0.4) is 0 Å². The summed E-state index contributed by atoms with van der Waals surface area (Å²) in [5.74, 6) is 0. The summed E-state index contributed by atoms with van der Waals surface area (Å²) in [5.41, 5.74) is 0.737. The summed E-state index contributed by atoms with van der Waals surface area (Å²) in [7, 11) is 0. The van der Waals surface area contributed by atoms with Gasteiger partial charge in [-0.05, 0) is 18.6 Å². The minimum Gasteiger partial charge on any atom is -0.342 e. The molecule has 1 rings (SSSR count). The molecule has 0 amide bonds. The van der Waals surface area contributed by atoms with E-state index in [-0.39, 0.29) is 0 Å². The Kier molecular flexibility index (Phi) is 4.03. The van der Waals surface area contributed by atoms with Crippen LogP contribution in [0.25, 0.3) is 0 Å². The number of hydrogen-bond acceptors (Lipinski definition) is 1. The number of rotatable bonds is 5. The molecule has 0 radical (unpaired) electrons. The molecule has 0 bridgehead atoms. The second-order valence-corrected chi connectivity index (χ2v) is 2.96. The highest BCUT2D eigenvalue weighted by Gasteiger charge is 1.94. The van der Waals surface area contributed by atoms with Crippen LogP contribution in [0.15, 0.2) is 30.5 Å². The Morgan fingerprint density at radius 1 is 1.46 bits per heavy atom. The van der Waals surface area contributed by atoms with Crippen LogP contribution >= 0.6 is 0 Å². The third-order valence-electron chi connectivity index (χ3n) is 1.91. The largest absolute Gasteiger partial charge is 0.342 e. The molecule has 0 aliphatic carbocycles. The molecule has 1 aromatic heterocycles. The molecule has 0 saturated heterocycles. The quantitative estimate of drug-likeness (QED) is 0.500. The summed E-state index contributed by atoms with van der Waals surface area (Å²) < 4.78 is 1.93. The van der Waals surface area contributed by atoms with Crippen molar-refractivity contribution in [3.05, 3.63) is 36.2 Å². The molecule has 2 nitrogen and oxygen atoms in total. The van der Waals surface area contributed by atoms with E-state index >= 15 is 0 Å². The number of carbonyl (C=O) groups is 1. The number of carbonyl (C=O) groups excluding carboxylic acids is 1. The lowest BCUT2D eigenvalue weighted by molar-refractivity contribution is 0.111. The molecular formula is C11H15NO. The molecule has 0 fully saturated rings. The maximum absolute atomic E-state index is 10.5. The number of aldehydes is 1. The van der Waals surface area contributed by atoms with Gasteiger partial charge in [-0.1, -0.05) is 25.5 Å². The average molecular weight is 177 g/mol. The fourth-order valence-corrected chi connectivity index (χ4v) is 1.17. The zero-order valence-electron chi connectivity index (χ0n) is 7.94. The second-order valence-electron chi connectivity index (χ2n) is 2.96.